The number of rotatable bonds is 7. The molecule has 2 aliphatic rings. The molecule has 0 atom stereocenters. The number of nitrogens with zero attached hydrogens (tertiary/aromatic N) is 3. The van der Waals surface area contributed by atoms with E-state index < -0.39 is 5.82 Å². The molecule has 37 heavy (non-hydrogen) atoms. The average molecular weight is 518 g/mol. The Bertz CT molecular complexity index is 1490. The Morgan fingerprint density at radius 1 is 1.14 bits per heavy atom. The number of thiophene rings is 1. The molecule has 4 aromatic rings. The number of nitrogens with one attached hydrogen (secondary N) is 2. The molecular weight excluding hydrogens is 493 g/mol. The number of carbonyl (C=O) groups is 2. The van der Waals surface area contributed by atoms with Gasteiger partial charge >= 0.3 is 6.03 Å². The molecule has 1 saturated heterocycles. The van der Waals surface area contributed by atoms with Crippen molar-refractivity contribution in [3.8, 4) is 21.9 Å². The number of benzene rings is 1. The highest BCUT2D eigenvalue weighted by atomic mass is 32.1. The number of halogens is 1. The summed E-state index contributed by atoms with van der Waals surface area (Å²) >= 11 is 1.48. The maximum atomic E-state index is 14.8. The molecule has 8 nitrogen and oxygen atoms in total. The van der Waals surface area contributed by atoms with Crippen LogP contribution in [0.1, 0.15) is 31.4 Å². The summed E-state index contributed by atoms with van der Waals surface area (Å²) in [5.41, 5.74) is 2.86. The lowest BCUT2D eigenvalue weighted by Gasteiger charge is -2.14. The molecule has 188 valence electrons. The lowest BCUT2D eigenvalue weighted by molar-refractivity contribution is -0.128. The Labute approximate surface area is 216 Å². The van der Waals surface area contributed by atoms with Crippen molar-refractivity contribution in [1.29, 1.82) is 0 Å². The average Bonchev–Trinajstić information content (AvgIpc) is 3.43. The van der Waals surface area contributed by atoms with Gasteiger partial charge < -0.3 is 20.3 Å². The van der Waals surface area contributed by atoms with Crippen molar-refractivity contribution in [3.05, 3.63) is 66.4 Å². The summed E-state index contributed by atoms with van der Waals surface area (Å²) in [5, 5.41) is 5.45. The third kappa shape index (κ3) is 5.24. The maximum absolute atomic E-state index is 14.8. The Morgan fingerprint density at radius 2 is 2.03 bits per heavy atom. The quantitative estimate of drug-likeness (QED) is 0.328. The zero-order valence-corrected chi connectivity index (χ0v) is 20.7. The first-order valence-corrected chi connectivity index (χ1v) is 13.0. The largest absolute Gasteiger partial charge is 0.453 e. The van der Waals surface area contributed by atoms with Crippen LogP contribution in [0.5, 0.6) is 11.5 Å². The van der Waals surface area contributed by atoms with E-state index in [1.165, 1.54) is 23.5 Å². The van der Waals surface area contributed by atoms with E-state index in [-0.39, 0.29) is 23.7 Å². The number of ether oxygens (including phenoxy) is 1. The van der Waals surface area contributed by atoms with Crippen LogP contribution < -0.4 is 15.4 Å². The summed E-state index contributed by atoms with van der Waals surface area (Å²) in [7, 11) is 0. The second-order valence-electron chi connectivity index (χ2n) is 9.21. The molecule has 1 aromatic carbocycles. The number of urea groups is 1. The molecule has 0 bridgehead atoms. The molecule has 4 heterocycles. The molecule has 0 unspecified atom stereocenters. The lowest BCUT2D eigenvalue weighted by atomic mass is 10.2. The van der Waals surface area contributed by atoms with Crippen LogP contribution in [0.15, 0.2) is 54.9 Å². The fourth-order valence-corrected chi connectivity index (χ4v) is 5.28. The summed E-state index contributed by atoms with van der Waals surface area (Å²) in [5.74, 6) is 0.139. The van der Waals surface area contributed by atoms with Crippen molar-refractivity contribution in [3.63, 3.8) is 0 Å². The van der Waals surface area contributed by atoms with E-state index >= 15 is 0 Å². The Hall–Kier alpha value is -4.05. The summed E-state index contributed by atoms with van der Waals surface area (Å²) in [6.07, 6.45) is 6.88. The normalized spacial score (nSPS) is 15.3. The minimum atomic E-state index is -0.581. The first-order chi connectivity index (χ1) is 18.0. The van der Waals surface area contributed by atoms with Gasteiger partial charge in [0.05, 0.1) is 22.5 Å². The second kappa shape index (κ2) is 9.78. The van der Waals surface area contributed by atoms with Gasteiger partial charge in [-0.25, -0.2) is 9.18 Å². The molecule has 0 spiro atoms. The molecule has 1 aliphatic carbocycles. The van der Waals surface area contributed by atoms with Gasteiger partial charge in [0.2, 0.25) is 5.91 Å². The molecule has 3 amide bonds. The van der Waals surface area contributed by atoms with Gasteiger partial charge in [-0.3, -0.25) is 14.8 Å². The van der Waals surface area contributed by atoms with Crippen LogP contribution in [0, 0.1) is 5.82 Å². The van der Waals surface area contributed by atoms with Crippen molar-refractivity contribution in [1.82, 2.24) is 20.2 Å². The molecule has 2 fully saturated rings. The van der Waals surface area contributed by atoms with E-state index in [4.69, 9.17) is 4.74 Å². The fraction of sp³-hybridized carbons (Fsp3) is 0.259. The molecular formula is C27H24FN5O3S. The highest BCUT2D eigenvalue weighted by Crippen LogP contribution is 2.39. The third-order valence-electron chi connectivity index (χ3n) is 6.33. The van der Waals surface area contributed by atoms with E-state index in [1.807, 2.05) is 23.1 Å². The molecule has 1 aliphatic heterocycles. The molecule has 6 rings (SSSR count). The van der Waals surface area contributed by atoms with Gasteiger partial charge in [0.25, 0.3) is 0 Å². The van der Waals surface area contributed by atoms with Crippen LogP contribution in [0.25, 0.3) is 20.7 Å². The van der Waals surface area contributed by atoms with E-state index in [1.54, 1.807) is 24.5 Å². The summed E-state index contributed by atoms with van der Waals surface area (Å²) in [6.45, 7) is 1.30. The smallest absolute Gasteiger partial charge is 0.319 e. The van der Waals surface area contributed by atoms with Crippen LogP contribution in [-0.2, 0) is 11.3 Å². The maximum Gasteiger partial charge on any atom is 0.319 e. The van der Waals surface area contributed by atoms with Gasteiger partial charge in [-0.1, -0.05) is 6.07 Å². The molecule has 2 N–H and O–H groups in total. The predicted molar refractivity (Wildman–Crippen MR) is 139 cm³/mol. The highest BCUT2D eigenvalue weighted by molar-refractivity contribution is 7.22. The Morgan fingerprint density at radius 3 is 2.76 bits per heavy atom. The Balaban J connectivity index is 1.18. The third-order valence-corrected chi connectivity index (χ3v) is 7.52. The van der Waals surface area contributed by atoms with Gasteiger partial charge in [-0.15, -0.1) is 11.3 Å². The predicted octanol–water partition coefficient (Wildman–Crippen LogP) is 5.70. The van der Waals surface area contributed by atoms with E-state index in [2.05, 4.69) is 20.6 Å². The van der Waals surface area contributed by atoms with Crippen LogP contribution in [0.2, 0.25) is 0 Å². The first kappa shape index (κ1) is 23.4. The number of aromatic nitrogens is 2. The SMILES string of the molecule is O=C(Nc1ccc(Oc2ccnc3cc(-c4ccc(CN5CCCC5=O)nc4)sc23)c(F)c1)NC1CC1. The first-order valence-electron chi connectivity index (χ1n) is 12.2. The van der Waals surface area contributed by atoms with Crippen molar-refractivity contribution in [2.24, 2.45) is 0 Å². The zero-order chi connectivity index (χ0) is 25.4. The van der Waals surface area contributed by atoms with Crippen LogP contribution in [0.3, 0.4) is 0 Å². The minimum Gasteiger partial charge on any atom is -0.453 e. The van der Waals surface area contributed by atoms with Crippen LogP contribution in [-0.4, -0.2) is 39.4 Å². The number of hydrogen-bond donors (Lipinski definition) is 2. The van der Waals surface area contributed by atoms with Gasteiger partial charge in [-0.2, -0.15) is 0 Å². The molecule has 3 aromatic heterocycles. The highest BCUT2D eigenvalue weighted by Gasteiger charge is 2.23. The van der Waals surface area contributed by atoms with Gasteiger partial charge in [-0.05, 0) is 43.5 Å². The number of anilines is 1. The lowest BCUT2D eigenvalue weighted by Crippen LogP contribution is -2.30. The number of likely N-dealkylation sites (tertiary alicyclic amines) is 1. The standard InChI is InChI=1S/C27H24FN5O3S/c28-20-12-18(32-27(35)31-17-5-6-17)7-8-22(20)36-23-9-10-29-21-13-24(37-26(21)23)16-3-4-19(30-14-16)15-33-11-1-2-25(33)34/h3-4,7-10,12-14,17H,1-2,5-6,11,15H2,(H2,31,32,35). The van der Waals surface area contributed by atoms with E-state index in [9.17, 15) is 14.0 Å². The van der Waals surface area contributed by atoms with Crippen molar-refractivity contribution >= 4 is 39.2 Å². The summed E-state index contributed by atoms with van der Waals surface area (Å²) in [6, 6.07) is 11.8. The van der Waals surface area contributed by atoms with Crippen molar-refractivity contribution < 1.29 is 18.7 Å². The summed E-state index contributed by atoms with van der Waals surface area (Å²) < 4.78 is 21.5. The second-order valence-corrected chi connectivity index (χ2v) is 10.3. The number of pyridine rings is 2. The van der Waals surface area contributed by atoms with Crippen molar-refractivity contribution in [2.45, 2.75) is 38.3 Å². The van der Waals surface area contributed by atoms with Gasteiger partial charge in [0.15, 0.2) is 11.6 Å². The topological polar surface area (TPSA) is 96.5 Å². The number of carbonyl (C=O) groups excluding carboxylic acids is 2. The van der Waals surface area contributed by atoms with E-state index in [0.29, 0.717) is 24.4 Å². The van der Waals surface area contributed by atoms with Gasteiger partial charge in [0.1, 0.15) is 5.75 Å². The Kier molecular flexibility index (Phi) is 6.17. The van der Waals surface area contributed by atoms with Crippen LogP contribution >= 0.6 is 11.3 Å². The molecule has 10 heteroatoms. The number of fused-ring (bicyclic) bond motifs is 1. The van der Waals surface area contributed by atoms with E-state index in [0.717, 1.165) is 52.2 Å². The van der Waals surface area contributed by atoms with Crippen molar-refractivity contribution in [2.75, 3.05) is 11.9 Å². The fourth-order valence-electron chi connectivity index (χ4n) is 4.23. The summed E-state index contributed by atoms with van der Waals surface area (Å²) in [4.78, 5) is 35.6. The monoisotopic (exact) mass is 517 g/mol. The number of amides is 3. The molecule has 0 radical (unpaired) electrons. The van der Waals surface area contributed by atoms with Crippen LogP contribution in [0.4, 0.5) is 14.9 Å². The minimum absolute atomic E-state index is 0.0538. The van der Waals surface area contributed by atoms with Gasteiger partial charge in [0, 0.05) is 59.7 Å². The zero-order valence-electron chi connectivity index (χ0n) is 19.9. The number of hydrogen-bond acceptors (Lipinski definition) is 6. The molecule has 1 saturated carbocycles.